The molecule has 1 aromatic rings. The van der Waals surface area contributed by atoms with Crippen LogP contribution in [0.5, 0.6) is 0 Å². The van der Waals surface area contributed by atoms with E-state index in [1.165, 1.54) is 19.4 Å². The van der Waals surface area contributed by atoms with Crippen LogP contribution in [-0.4, -0.2) is 49.2 Å². The Bertz CT molecular complexity index is 495. The van der Waals surface area contributed by atoms with E-state index in [4.69, 9.17) is 4.74 Å². The van der Waals surface area contributed by atoms with Crippen molar-refractivity contribution in [1.82, 2.24) is 10.2 Å². The lowest BCUT2D eigenvalue weighted by Crippen LogP contribution is -2.50. The summed E-state index contributed by atoms with van der Waals surface area (Å²) < 4.78 is 6.75. The van der Waals surface area contributed by atoms with Crippen LogP contribution in [0.15, 0.2) is 28.7 Å². The number of ether oxygens (including phenoxy) is 1. The molecule has 2 saturated heterocycles. The number of benzene rings is 1. The minimum atomic E-state index is -0.0431. The summed E-state index contributed by atoms with van der Waals surface area (Å²) in [4.78, 5) is 14.6. The van der Waals surface area contributed by atoms with E-state index in [0.717, 1.165) is 17.6 Å². The van der Waals surface area contributed by atoms with Crippen molar-refractivity contribution in [3.63, 3.8) is 0 Å². The van der Waals surface area contributed by atoms with E-state index >= 15 is 0 Å². The van der Waals surface area contributed by atoms with E-state index in [0.29, 0.717) is 18.2 Å². The predicted octanol–water partition coefficient (Wildman–Crippen LogP) is 2.04. The molecule has 2 heterocycles. The Hall–Kier alpha value is -0.910. The summed E-state index contributed by atoms with van der Waals surface area (Å²) in [6.45, 7) is 3.49. The maximum absolute atomic E-state index is 12.1. The normalized spacial score (nSPS) is 26.2. The van der Waals surface area contributed by atoms with Crippen LogP contribution >= 0.6 is 15.9 Å². The van der Waals surface area contributed by atoms with Crippen molar-refractivity contribution in [2.75, 3.05) is 26.2 Å². The van der Waals surface area contributed by atoms with Crippen LogP contribution in [0.25, 0.3) is 0 Å². The number of carbonyl (C=O) groups excluding carboxylic acids is 1. The minimum absolute atomic E-state index is 0.0431. The van der Waals surface area contributed by atoms with Gasteiger partial charge in [0.15, 0.2) is 0 Å². The number of nitrogens with zero attached hydrogens (tertiary/aromatic N) is 1. The summed E-state index contributed by atoms with van der Waals surface area (Å²) in [5, 5.41) is 2.96. The highest BCUT2D eigenvalue weighted by molar-refractivity contribution is 9.10. The van der Waals surface area contributed by atoms with Gasteiger partial charge in [-0.05, 0) is 37.6 Å². The standard InChI is InChI=1S/C15H19BrN2O2/c16-12-4-1-3-11(7-12)15(19)17-8-14-9-18-6-2-5-13(18)10-20-14/h1,3-4,7,13-14H,2,5-6,8-10H2,(H,17,19). The smallest absolute Gasteiger partial charge is 0.251 e. The molecule has 0 spiro atoms. The second kappa shape index (κ2) is 6.24. The van der Waals surface area contributed by atoms with Crippen LogP contribution in [0.3, 0.4) is 0 Å². The van der Waals surface area contributed by atoms with Crippen molar-refractivity contribution in [3.8, 4) is 0 Å². The first-order valence-corrected chi connectivity index (χ1v) is 7.91. The molecule has 0 aromatic heterocycles. The van der Waals surface area contributed by atoms with Crippen molar-refractivity contribution < 1.29 is 9.53 Å². The zero-order valence-electron chi connectivity index (χ0n) is 11.3. The number of halogens is 1. The summed E-state index contributed by atoms with van der Waals surface area (Å²) >= 11 is 3.38. The molecule has 0 aliphatic carbocycles. The Morgan fingerprint density at radius 3 is 3.25 bits per heavy atom. The van der Waals surface area contributed by atoms with Gasteiger partial charge in [-0.1, -0.05) is 22.0 Å². The molecule has 1 aromatic carbocycles. The van der Waals surface area contributed by atoms with Crippen molar-refractivity contribution in [2.24, 2.45) is 0 Å². The molecule has 2 unspecified atom stereocenters. The van der Waals surface area contributed by atoms with Crippen molar-refractivity contribution in [2.45, 2.75) is 25.0 Å². The fraction of sp³-hybridized carbons (Fsp3) is 0.533. The van der Waals surface area contributed by atoms with Gasteiger partial charge in [0, 0.05) is 29.2 Å². The highest BCUT2D eigenvalue weighted by Gasteiger charge is 2.32. The van der Waals surface area contributed by atoms with Gasteiger partial charge in [0.25, 0.3) is 5.91 Å². The van der Waals surface area contributed by atoms with Gasteiger partial charge in [0.1, 0.15) is 0 Å². The average molecular weight is 339 g/mol. The van der Waals surface area contributed by atoms with Gasteiger partial charge < -0.3 is 10.1 Å². The van der Waals surface area contributed by atoms with E-state index in [1.54, 1.807) is 0 Å². The van der Waals surface area contributed by atoms with Crippen molar-refractivity contribution >= 4 is 21.8 Å². The summed E-state index contributed by atoms with van der Waals surface area (Å²) in [6.07, 6.45) is 2.63. The van der Waals surface area contributed by atoms with Gasteiger partial charge in [-0.25, -0.2) is 0 Å². The van der Waals surface area contributed by atoms with Crippen LogP contribution in [0.1, 0.15) is 23.2 Å². The number of morpholine rings is 1. The number of nitrogens with one attached hydrogen (secondary N) is 1. The number of rotatable bonds is 3. The number of hydrogen-bond acceptors (Lipinski definition) is 3. The molecule has 2 aliphatic heterocycles. The van der Waals surface area contributed by atoms with Gasteiger partial charge in [-0.2, -0.15) is 0 Å². The number of amides is 1. The first kappa shape index (κ1) is 14.0. The largest absolute Gasteiger partial charge is 0.373 e. The molecule has 0 radical (unpaired) electrons. The molecule has 0 bridgehead atoms. The van der Waals surface area contributed by atoms with E-state index in [1.807, 2.05) is 24.3 Å². The topological polar surface area (TPSA) is 41.6 Å². The zero-order valence-corrected chi connectivity index (χ0v) is 12.9. The first-order chi connectivity index (χ1) is 9.72. The molecule has 1 N–H and O–H groups in total. The zero-order chi connectivity index (χ0) is 13.9. The van der Waals surface area contributed by atoms with Gasteiger partial charge in [-0.3, -0.25) is 9.69 Å². The summed E-state index contributed by atoms with van der Waals surface area (Å²) in [5.41, 5.74) is 0.675. The molecule has 0 saturated carbocycles. The molecular formula is C15H19BrN2O2. The summed E-state index contributed by atoms with van der Waals surface area (Å²) in [5.74, 6) is -0.0431. The lowest BCUT2D eigenvalue weighted by atomic mass is 10.1. The molecule has 3 rings (SSSR count). The molecule has 2 fully saturated rings. The third-order valence-electron chi connectivity index (χ3n) is 4.04. The molecule has 4 nitrogen and oxygen atoms in total. The van der Waals surface area contributed by atoms with Crippen molar-refractivity contribution in [1.29, 1.82) is 0 Å². The molecule has 1 amide bonds. The number of fused-ring (bicyclic) bond motifs is 1. The highest BCUT2D eigenvalue weighted by Crippen LogP contribution is 2.22. The first-order valence-electron chi connectivity index (χ1n) is 7.12. The van der Waals surface area contributed by atoms with E-state index in [-0.39, 0.29) is 12.0 Å². The van der Waals surface area contributed by atoms with Crippen LogP contribution in [0.2, 0.25) is 0 Å². The predicted molar refractivity (Wildman–Crippen MR) is 80.8 cm³/mol. The summed E-state index contributed by atoms with van der Waals surface area (Å²) in [7, 11) is 0. The lowest BCUT2D eigenvalue weighted by Gasteiger charge is -2.35. The van der Waals surface area contributed by atoms with E-state index in [9.17, 15) is 4.79 Å². The van der Waals surface area contributed by atoms with Gasteiger partial charge in [-0.15, -0.1) is 0 Å². The Kier molecular flexibility index (Phi) is 4.38. The minimum Gasteiger partial charge on any atom is -0.373 e. The Balaban J connectivity index is 1.51. The molecule has 2 aliphatic rings. The molecule has 20 heavy (non-hydrogen) atoms. The maximum Gasteiger partial charge on any atom is 0.251 e. The molecule has 5 heteroatoms. The Morgan fingerprint density at radius 1 is 1.50 bits per heavy atom. The van der Waals surface area contributed by atoms with E-state index in [2.05, 4.69) is 26.1 Å². The van der Waals surface area contributed by atoms with Crippen LogP contribution in [0.4, 0.5) is 0 Å². The second-order valence-corrected chi connectivity index (χ2v) is 6.38. The van der Waals surface area contributed by atoms with Crippen LogP contribution in [-0.2, 0) is 4.74 Å². The molecule has 2 atom stereocenters. The molecular weight excluding hydrogens is 320 g/mol. The monoisotopic (exact) mass is 338 g/mol. The Labute approximate surface area is 127 Å². The van der Waals surface area contributed by atoms with Crippen molar-refractivity contribution in [3.05, 3.63) is 34.3 Å². The average Bonchev–Trinajstić information content (AvgIpc) is 2.92. The Morgan fingerprint density at radius 2 is 2.40 bits per heavy atom. The third-order valence-corrected chi connectivity index (χ3v) is 4.53. The summed E-state index contributed by atoms with van der Waals surface area (Å²) in [6, 6.07) is 8.03. The number of hydrogen-bond donors (Lipinski definition) is 1. The SMILES string of the molecule is O=C(NCC1CN2CCCC2CO1)c1cccc(Br)c1. The second-order valence-electron chi connectivity index (χ2n) is 5.47. The maximum atomic E-state index is 12.1. The fourth-order valence-electron chi connectivity index (χ4n) is 2.95. The van der Waals surface area contributed by atoms with Gasteiger partial charge in [0.2, 0.25) is 0 Å². The van der Waals surface area contributed by atoms with Gasteiger partial charge in [0.05, 0.1) is 12.7 Å². The number of carbonyl (C=O) groups is 1. The molecule has 108 valence electrons. The van der Waals surface area contributed by atoms with E-state index < -0.39 is 0 Å². The van der Waals surface area contributed by atoms with Crippen LogP contribution in [0, 0.1) is 0 Å². The van der Waals surface area contributed by atoms with Gasteiger partial charge >= 0.3 is 0 Å². The quantitative estimate of drug-likeness (QED) is 0.916. The van der Waals surface area contributed by atoms with Crippen LogP contribution < -0.4 is 5.32 Å². The lowest BCUT2D eigenvalue weighted by molar-refractivity contribution is -0.0461. The fourth-order valence-corrected chi connectivity index (χ4v) is 3.35. The third kappa shape index (κ3) is 3.22. The highest BCUT2D eigenvalue weighted by atomic mass is 79.9.